The van der Waals surface area contributed by atoms with E-state index in [1.165, 1.54) is 24.3 Å². The number of hydrogen-bond acceptors (Lipinski definition) is 16. The number of aliphatic hydroxyl groups is 2. The van der Waals surface area contributed by atoms with Crippen LogP contribution in [0, 0.1) is 10.8 Å². The third-order valence-electron chi connectivity index (χ3n) is 9.82. The molecule has 1 saturated heterocycles. The van der Waals surface area contributed by atoms with Crippen LogP contribution in [0.4, 0.5) is 0 Å². The lowest BCUT2D eigenvalue weighted by Crippen LogP contribution is -2.43. The fraction of sp³-hybridized carbons (Fsp3) is 0.405. The predicted molar refractivity (Wildman–Crippen MR) is 224 cm³/mol. The number of carbonyl (C=O) groups is 2. The Balaban J connectivity index is 1.14. The highest BCUT2D eigenvalue weighted by Crippen LogP contribution is 2.64. The van der Waals surface area contributed by atoms with Crippen molar-refractivity contribution in [1.29, 1.82) is 0 Å². The Hall–Kier alpha value is -4.91. The molecule has 0 radical (unpaired) electrons. The molecule has 6 rings (SSSR count). The molecular weight excluding hydrogens is 864 g/mol. The van der Waals surface area contributed by atoms with Gasteiger partial charge in [-0.15, -0.1) is 0 Å². The topological polar surface area (TPSA) is 254 Å². The molecule has 338 valence electrons. The second-order valence-electron chi connectivity index (χ2n) is 16.9. The molecule has 19 nitrogen and oxygen atoms in total. The number of para-hydroxylation sites is 1. The molecule has 1 aliphatic rings. The van der Waals surface area contributed by atoms with Crippen LogP contribution < -0.4 is 16.0 Å². The summed E-state index contributed by atoms with van der Waals surface area (Å²) in [6, 6.07) is 20.4. The fourth-order valence-electron chi connectivity index (χ4n) is 6.00. The Morgan fingerprint density at radius 2 is 1.40 bits per heavy atom. The Morgan fingerprint density at radius 1 is 0.794 bits per heavy atom. The van der Waals surface area contributed by atoms with Crippen molar-refractivity contribution < 1.29 is 65.7 Å². The zero-order valence-corrected chi connectivity index (χ0v) is 37.1. The first-order chi connectivity index (χ1) is 29.5. The molecule has 2 aromatic heterocycles. The van der Waals surface area contributed by atoms with Gasteiger partial charge in [-0.2, -0.15) is 4.31 Å². The number of fused-ring (bicyclic) bond motifs is 1. The lowest BCUT2D eigenvalue weighted by atomic mass is 9.87. The predicted octanol–water partition coefficient (Wildman–Crippen LogP) is 5.60. The highest BCUT2D eigenvalue weighted by atomic mass is 31.3. The van der Waals surface area contributed by atoms with Crippen LogP contribution in [-0.2, 0) is 67.5 Å². The van der Waals surface area contributed by atoms with Crippen molar-refractivity contribution in [2.24, 2.45) is 10.8 Å². The van der Waals surface area contributed by atoms with Gasteiger partial charge < -0.3 is 29.1 Å². The number of nitrogens with zero attached hydrogens (tertiary/aromatic N) is 3. The second-order valence-corrected chi connectivity index (χ2v) is 20.2. The van der Waals surface area contributed by atoms with Crippen molar-refractivity contribution in [2.75, 3.05) is 6.61 Å². The summed E-state index contributed by atoms with van der Waals surface area (Å²) in [6.07, 6.45) is -5.52. The standard InChI is InChI=1S/C42H49N3O16P2/c1-41(2,3)34(46)21-26-11-13-27(14-12-26)23-56-63(54,57-24-28-15-17-29(18-16-28)58-39(50)42(4,5)6)61-62(52,53)55-25-33-36(48)37(49)38(59-33)44-20-19-35(47)45(40(44)51)22-31-30-9-7-8-10-32(30)60-43-31/h7-20,33,36-38,48-49H,21-25H2,1-6H3,(H,52,53)/t33-,36+,37+,38-,63?/m1/s1. The van der Waals surface area contributed by atoms with Gasteiger partial charge in [-0.25, -0.2) is 13.9 Å². The first-order valence-corrected chi connectivity index (χ1v) is 22.6. The minimum absolute atomic E-state index is 0.0190. The summed E-state index contributed by atoms with van der Waals surface area (Å²) in [5.41, 5.74) is -0.712. The van der Waals surface area contributed by atoms with Crippen LogP contribution in [0.1, 0.15) is 70.2 Å². The van der Waals surface area contributed by atoms with E-state index in [-0.39, 0.29) is 30.2 Å². The number of esters is 1. The summed E-state index contributed by atoms with van der Waals surface area (Å²) in [5.74, 6) is -0.227. The van der Waals surface area contributed by atoms with Gasteiger partial charge in [0.05, 0.1) is 31.8 Å². The lowest BCUT2D eigenvalue weighted by Gasteiger charge is -2.22. The Kier molecular flexibility index (Phi) is 14.4. The normalized spacial score (nSPS) is 20.0. The summed E-state index contributed by atoms with van der Waals surface area (Å²) < 4.78 is 66.6. The van der Waals surface area contributed by atoms with Crippen LogP contribution in [-0.4, -0.2) is 66.1 Å². The van der Waals surface area contributed by atoms with Crippen LogP contribution in [0.25, 0.3) is 11.0 Å². The molecule has 0 amide bonds. The van der Waals surface area contributed by atoms with Gasteiger partial charge in [0.25, 0.3) is 5.56 Å². The lowest BCUT2D eigenvalue weighted by molar-refractivity contribution is -0.143. The first kappa shape index (κ1) is 47.6. The number of ketones is 1. The molecule has 63 heavy (non-hydrogen) atoms. The van der Waals surface area contributed by atoms with Gasteiger partial charge in [-0.3, -0.25) is 37.1 Å². The molecule has 1 aliphatic heterocycles. The number of hydrogen-bond donors (Lipinski definition) is 3. The highest BCUT2D eigenvalue weighted by molar-refractivity contribution is 7.61. The Bertz CT molecular complexity index is 2570. The SMILES string of the molecule is CC(C)(C)C(=O)Cc1ccc(COP(=O)(OCc2ccc(OC(=O)C(C)(C)C)cc2)OP(=O)(O)OC[C@H]2O[C@@H](n3ccc(=O)n(Cc4noc5ccccc45)c3=O)[C@@H](O)[C@H]2O)cc1. The molecule has 2 unspecified atom stereocenters. The average molecular weight is 914 g/mol. The van der Waals surface area contributed by atoms with Crippen molar-refractivity contribution in [3.05, 3.63) is 128 Å². The van der Waals surface area contributed by atoms with Gasteiger partial charge in [0.15, 0.2) is 11.8 Å². The first-order valence-electron chi connectivity index (χ1n) is 19.7. The number of carbonyl (C=O) groups excluding carboxylic acids is 2. The zero-order valence-electron chi connectivity index (χ0n) is 35.3. The number of phosphoric ester groups is 2. The van der Waals surface area contributed by atoms with Crippen molar-refractivity contribution in [2.45, 2.75) is 92.3 Å². The molecule has 1 fully saturated rings. The molecular formula is C42H49N3O16P2. The number of benzene rings is 3. The third kappa shape index (κ3) is 12.0. The van der Waals surface area contributed by atoms with Crippen molar-refractivity contribution in [1.82, 2.24) is 14.3 Å². The van der Waals surface area contributed by atoms with Gasteiger partial charge in [0.2, 0.25) is 0 Å². The maximum Gasteiger partial charge on any atom is 0.484 e. The van der Waals surface area contributed by atoms with E-state index in [9.17, 15) is 43.4 Å². The van der Waals surface area contributed by atoms with E-state index in [4.69, 9.17) is 31.9 Å². The van der Waals surface area contributed by atoms with E-state index in [0.29, 0.717) is 22.1 Å². The van der Waals surface area contributed by atoms with Crippen LogP contribution in [0.3, 0.4) is 0 Å². The molecule has 3 heterocycles. The maximum atomic E-state index is 14.1. The summed E-state index contributed by atoms with van der Waals surface area (Å²) in [6.45, 7) is 8.35. The minimum atomic E-state index is -5.41. The summed E-state index contributed by atoms with van der Waals surface area (Å²) in [7, 11) is -10.4. The average Bonchev–Trinajstić information content (AvgIpc) is 3.76. The van der Waals surface area contributed by atoms with E-state index in [2.05, 4.69) is 5.16 Å². The third-order valence-corrected chi connectivity index (χ3v) is 12.8. The monoisotopic (exact) mass is 913 g/mol. The van der Waals surface area contributed by atoms with E-state index in [0.717, 1.165) is 27.0 Å². The zero-order chi connectivity index (χ0) is 45.9. The highest BCUT2D eigenvalue weighted by Gasteiger charge is 2.46. The molecule has 0 spiro atoms. The van der Waals surface area contributed by atoms with E-state index >= 15 is 0 Å². The van der Waals surface area contributed by atoms with E-state index in [1.807, 2.05) is 20.8 Å². The molecule has 0 saturated carbocycles. The molecule has 0 bridgehead atoms. The summed E-state index contributed by atoms with van der Waals surface area (Å²) >= 11 is 0. The quantitative estimate of drug-likeness (QED) is 0.0583. The van der Waals surface area contributed by atoms with Gasteiger partial charge in [-0.05, 0) is 61.7 Å². The van der Waals surface area contributed by atoms with Crippen molar-refractivity contribution in [3.8, 4) is 5.75 Å². The Morgan fingerprint density at radius 3 is 2.02 bits per heavy atom. The minimum Gasteiger partial charge on any atom is -0.426 e. The molecule has 3 N–H and O–H groups in total. The van der Waals surface area contributed by atoms with E-state index in [1.54, 1.807) is 69.3 Å². The van der Waals surface area contributed by atoms with Gasteiger partial charge in [-0.1, -0.05) is 74.5 Å². The van der Waals surface area contributed by atoms with Gasteiger partial charge in [0, 0.05) is 29.5 Å². The Labute approximate surface area is 361 Å². The van der Waals surface area contributed by atoms with Crippen LogP contribution >= 0.6 is 15.6 Å². The molecule has 21 heteroatoms. The van der Waals surface area contributed by atoms with Crippen LogP contribution in [0.5, 0.6) is 5.75 Å². The number of aliphatic hydroxyl groups excluding tert-OH is 2. The number of rotatable bonds is 17. The van der Waals surface area contributed by atoms with Crippen LogP contribution in [0.15, 0.2) is 99.2 Å². The summed E-state index contributed by atoms with van der Waals surface area (Å²) in [4.78, 5) is 62.0. The van der Waals surface area contributed by atoms with Gasteiger partial charge in [0.1, 0.15) is 35.5 Å². The van der Waals surface area contributed by atoms with Crippen molar-refractivity contribution >= 4 is 38.4 Å². The fourth-order valence-corrected chi connectivity index (χ4v) is 8.60. The second kappa shape index (κ2) is 19.1. The van der Waals surface area contributed by atoms with Crippen molar-refractivity contribution in [3.63, 3.8) is 0 Å². The molecule has 6 atom stereocenters. The molecule has 0 aliphatic carbocycles. The van der Waals surface area contributed by atoms with Gasteiger partial charge >= 0.3 is 27.3 Å². The largest absolute Gasteiger partial charge is 0.484 e. The maximum absolute atomic E-state index is 14.1. The number of aromatic nitrogens is 3. The molecule has 5 aromatic rings. The smallest absolute Gasteiger partial charge is 0.426 e. The summed E-state index contributed by atoms with van der Waals surface area (Å²) in [5, 5.41) is 26.3. The van der Waals surface area contributed by atoms with E-state index < -0.39 is 88.1 Å². The number of phosphoric acid groups is 2. The molecule has 3 aromatic carbocycles. The number of Topliss-reactive ketones (excluding diaryl/α,β-unsaturated/α-hetero) is 1. The number of ether oxygens (including phenoxy) is 2. The van der Waals surface area contributed by atoms with Crippen LogP contribution in [0.2, 0.25) is 0 Å².